The van der Waals surface area contributed by atoms with Crippen molar-refractivity contribution in [3.63, 3.8) is 0 Å². The zero-order chi connectivity index (χ0) is 12.3. The van der Waals surface area contributed by atoms with Crippen molar-refractivity contribution in [2.24, 2.45) is 0 Å². The quantitative estimate of drug-likeness (QED) is 0.708. The van der Waals surface area contributed by atoms with Gasteiger partial charge in [-0.05, 0) is 28.8 Å². The molecule has 0 saturated heterocycles. The molecule has 0 aliphatic carbocycles. The molecular weight excluding hydrogens is 286 g/mol. The van der Waals surface area contributed by atoms with E-state index in [-0.39, 0.29) is 0 Å². The first-order valence-corrected chi connectivity index (χ1v) is 6.40. The number of halogens is 1. The standard InChI is InChI=1S/C11H18BrN3O2/c1-16-6-7-17-5-3-2-4-13-11-14-8-10(12)9-15-11/h8-9H,2-7H2,1H3,(H,13,14,15). The highest BCUT2D eigenvalue weighted by molar-refractivity contribution is 9.10. The van der Waals surface area contributed by atoms with E-state index >= 15 is 0 Å². The summed E-state index contributed by atoms with van der Waals surface area (Å²) in [7, 11) is 1.67. The molecule has 1 aromatic heterocycles. The van der Waals surface area contributed by atoms with Crippen LogP contribution in [0, 0.1) is 0 Å². The first-order chi connectivity index (χ1) is 8.33. The third-order valence-electron chi connectivity index (χ3n) is 2.05. The van der Waals surface area contributed by atoms with Crippen LogP contribution >= 0.6 is 15.9 Å². The molecular formula is C11H18BrN3O2. The predicted molar refractivity (Wildman–Crippen MR) is 70.2 cm³/mol. The number of anilines is 1. The van der Waals surface area contributed by atoms with Crippen molar-refractivity contribution in [2.75, 3.05) is 38.8 Å². The molecule has 96 valence electrons. The Morgan fingerprint density at radius 1 is 1.18 bits per heavy atom. The molecule has 0 unspecified atom stereocenters. The Morgan fingerprint density at radius 2 is 1.94 bits per heavy atom. The molecule has 1 rings (SSSR count). The van der Waals surface area contributed by atoms with Crippen LogP contribution in [0.25, 0.3) is 0 Å². The van der Waals surface area contributed by atoms with Crippen LogP contribution in [-0.4, -0.2) is 43.4 Å². The second-order valence-corrected chi connectivity index (χ2v) is 4.38. The number of aromatic nitrogens is 2. The van der Waals surface area contributed by atoms with E-state index in [9.17, 15) is 0 Å². The Morgan fingerprint density at radius 3 is 2.65 bits per heavy atom. The van der Waals surface area contributed by atoms with Gasteiger partial charge in [0.25, 0.3) is 0 Å². The average Bonchev–Trinajstić information content (AvgIpc) is 2.35. The van der Waals surface area contributed by atoms with E-state index in [0.717, 1.165) is 30.5 Å². The van der Waals surface area contributed by atoms with Crippen molar-refractivity contribution in [3.8, 4) is 0 Å². The van der Waals surface area contributed by atoms with Gasteiger partial charge < -0.3 is 14.8 Å². The van der Waals surface area contributed by atoms with E-state index in [2.05, 4.69) is 31.2 Å². The molecule has 1 heterocycles. The van der Waals surface area contributed by atoms with Crippen LogP contribution in [0.15, 0.2) is 16.9 Å². The molecule has 0 aliphatic rings. The maximum Gasteiger partial charge on any atom is 0.222 e. The molecule has 17 heavy (non-hydrogen) atoms. The third-order valence-corrected chi connectivity index (χ3v) is 2.46. The SMILES string of the molecule is COCCOCCCCNc1ncc(Br)cn1. The highest BCUT2D eigenvalue weighted by Gasteiger charge is 1.95. The number of hydrogen-bond donors (Lipinski definition) is 1. The molecule has 6 heteroatoms. The summed E-state index contributed by atoms with van der Waals surface area (Å²) < 4.78 is 11.1. The topological polar surface area (TPSA) is 56.3 Å². The van der Waals surface area contributed by atoms with Crippen molar-refractivity contribution in [2.45, 2.75) is 12.8 Å². The van der Waals surface area contributed by atoms with Gasteiger partial charge in [0.05, 0.1) is 17.7 Å². The van der Waals surface area contributed by atoms with Crippen LogP contribution in [0.3, 0.4) is 0 Å². The molecule has 0 radical (unpaired) electrons. The largest absolute Gasteiger partial charge is 0.382 e. The van der Waals surface area contributed by atoms with Gasteiger partial charge in [-0.1, -0.05) is 0 Å². The molecule has 5 nitrogen and oxygen atoms in total. The first kappa shape index (κ1) is 14.3. The summed E-state index contributed by atoms with van der Waals surface area (Å²) in [5, 5.41) is 3.15. The maximum atomic E-state index is 5.35. The van der Waals surface area contributed by atoms with Crippen LogP contribution in [0.5, 0.6) is 0 Å². The summed E-state index contributed by atoms with van der Waals surface area (Å²) in [6.07, 6.45) is 5.51. The lowest BCUT2D eigenvalue weighted by Crippen LogP contribution is -2.07. The summed E-state index contributed by atoms with van der Waals surface area (Å²) in [6.45, 7) is 2.95. The average molecular weight is 304 g/mol. The van der Waals surface area contributed by atoms with Gasteiger partial charge in [-0.15, -0.1) is 0 Å². The monoisotopic (exact) mass is 303 g/mol. The van der Waals surface area contributed by atoms with Crippen molar-refractivity contribution in [1.82, 2.24) is 9.97 Å². The lowest BCUT2D eigenvalue weighted by Gasteiger charge is -2.05. The maximum absolute atomic E-state index is 5.35. The van der Waals surface area contributed by atoms with Crippen molar-refractivity contribution in [1.29, 1.82) is 0 Å². The minimum Gasteiger partial charge on any atom is -0.382 e. The van der Waals surface area contributed by atoms with Crippen LogP contribution in [0.4, 0.5) is 5.95 Å². The van der Waals surface area contributed by atoms with Gasteiger partial charge in [0.15, 0.2) is 0 Å². The number of hydrogen-bond acceptors (Lipinski definition) is 5. The molecule has 1 N–H and O–H groups in total. The molecule has 0 atom stereocenters. The Balaban J connectivity index is 1.95. The number of nitrogens with one attached hydrogen (secondary N) is 1. The summed E-state index contributed by atoms with van der Waals surface area (Å²) >= 11 is 3.29. The highest BCUT2D eigenvalue weighted by Crippen LogP contribution is 2.06. The van der Waals surface area contributed by atoms with E-state index in [1.165, 1.54) is 0 Å². The zero-order valence-corrected chi connectivity index (χ0v) is 11.6. The van der Waals surface area contributed by atoms with Gasteiger partial charge in [-0.2, -0.15) is 0 Å². The van der Waals surface area contributed by atoms with Gasteiger partial charge in [0.2, 0.25) is 5.95 Å². The van der Waals surface area contributed by atoms with Crippen LogP contribution < -0.4 is 5.32 Å². The fourth-order valence-corrected chi connectivity index (χ4v) is 1.38. The molecule has 0 amide bonds. The summed E-state index contributed by atoms with van der Waals surface area (Å²) in [4.78, 5) is 8.24. The third kappa shape index (κ3) is 7.25. The van der Waals surface area contributed by atoms with Gasteiger partial charge in [0, 0.05) is 32.7 Å². The Kier molecular flexibility index (Phi) is 7.87. The van der Waals surface area contributed by atoms with Crippen LogP contribution in [-0.2, 0) is 9.47 Å². The summed E-state index contributed by atoms with van der Waals surface area (Å²) in [6, 6.07) is 0. The van der Waals surface area contributed by atoms with E-state index in [0.29, 0.717) is 19.2 Å². The lowest BCUT2D eigenvalue weighted by molar-refractivity contribution is 0.0691. The molecule has 0 aliphatic heterocycles. The first-order valence-electron chi connectivity index (χ1n) is 5.61. The van der Waals surface area contributed by atoms with Crippen LogP contribution in [0.1, 0.15) is 12.8 Å². The Labute approximate surface area is 110 Å². The summed E-state index contributed by atoms with van der Waals surface area (Å²) in [5.74, 6) is 0.661. The minimum absolute atomic E-state index is 0.658. The number of rotatable bonds is 9. The minimum atomic E-state index is 0.658. The molecule has 1 aromatic rings. The molecule has 0 saturated carbocycles. The van der Waals surface area contributed by atoms with Crippen molar-refractivity contribution >= 4 is 21.9 Å². The smallest absolute Gasteiger partial charge is 0.222 e. The van der Waals surface area contributed by atoms with E-state index in [4.69, 9.17) is 9.47 Å². The number of methoxy groups -OCH3 is 1. The zero-order valence-electron chi connectivity index (χ0n) is 9.99. The second-order valence-electron chi connectivity index (χ2n) is 3.46. The molecule has 0 aromatic carbocycles. The Bertz CT molecular complexity index is 295. The molecule has 0 fully saturated rings. The Hall–Kier alpha value is -0.720. The van der Waals surface area contributed by atoms with Crippen LogP contribution in [0.2, 0.25) is 0 Å². The van der Waals surface area contributed by atoms with Gasteiger partial charge in [-0.3, -0.25) is 0 Å². The van der Waals surface area contributed by atoms with E-state index in [1.807, 2.05) is 0 Å². The lowest BCUT2D eigenvalue weighted by atomic mass is 10.3. The van der Waals surface area contributed by atoms with E-state index in [1.54, 1.807) is 19.5 Å². The van der Waals surface area contributed by atoms with Crippen molar-refractivity contribution in [3.05, 3.63) is 16.9 Å². The van der Waals surface area contributed by atoms with Crippen molar-refractivity contribution < 1.29 is 9.47 Å². The second kappa shape index (κ2) is 9.32. The van der Waals surface area contributed by atoms with E-state index < -0.39 is 0 Å². The van der Waals surface area contributed by atoms with Gasteiger partial charge in [-0.25, -0.2) is 9.97 Å². The number of ether oxygens (including phenoxy) is 2. The molecule has 0 spiro atoms. The normalized spacial score (nSPS) is 10.5. The fraction of sp³-hybridized carbons (Fsp3) is 0.636. The fourth-order valence-electron chi connectivity index (χ4n) is 1.18. The predicted octanol–water partition coefficient (Wildman–Crippen LogP) is 2.09. The number of unbranched alkanes of at least 4 members (excludes halogenated alkanes) is 1. The highest BCUT2D eigenvalue weighted by atomic mass is 79.9. The van der Waals surface area contributed by atoms with Gasteiger partial charge in [0.1, 0.15) is 0 Å². The molecule has 0 bridgehead atoms. The van der Waals surface area contributed by atoms with Gasteiger partial charge >= 0.3 is 0 Å². The summed E-state index contributed by atoms with van der Waals surface area (Å²) in [5.41, 5.74) is 0. The number of nitrogens with zero attached hydrogens (tertiary/aromatic N) is 2.